The molecule has 0 aromatic carbocycles. The highest BCUT2D eigenvalue weighted by Crippen LogP contribution is 1.98. The van der Waals surface area contributed by atoms with Crippen LogP contribution in [0.2, 0.25) is 0 Å². The molecule has 0 atom stereocenters. The molecule has 0 saturated carbocycles. The second kappa shape index (κ2) is 9.71. The number of unbranched alkanes of at least 4 members (excludes halogenated alkanes) is 3. The zero-order chi connectivity index (χ0) is 11.5. The third kappa shape index (κ3) is 9.47. The Morgan fingerprint density at radius 3 is 2.60 bits per heavy atom. The van der Waals surface area contributed by atoms with Crippen LogP contribution in [0.1, 0.15) is 32.1 Å². The van der Waals surface area contributed by atoms with Gasteiger partial charge in [0.05, 0.1) is 0 Å². The molecule has 0 bridgehead atoms. The lowest BCUT2D eigenvalue weighted by molar-refractivity contribution is -0.128. The number of amides is 1. The maximum Gasteiger partial charge on any atom is 0.223 e. The largest absolute Gasteiger partial charge is 0.349 e. The summed E-state index contributed by atoms with van der Waals surface area (Å²) in [7, 11) is 3.58. The van der Waals surface area contributed by atoms with Crippen LogP contribution in [0.25, 0.3) is 0 Å². The van der Waals surface area contributed by atoms with Crippen molar-refractivity contribution in [3.8, 4) is 0 Å². The molecule has 0 spiro atoms. The number of rotatable bonds is 9. The molecule has 0 saturated heterocycles. The van der Waals surface area contributed by atoms with Crippen LogP contribution in [0.15, 0.2) is 12.7 Å². The summed E-state index contributed by atoms with van der Waals surface area (Å²) in [4.78, 5) is 12.8. The minimum atomic E-state index is 0.189. The molecule has 0 aromatic rings. The van der Waals surface area contributed by atoms with Crippen LogP contribution in [-0.2, 0) is 4.79 Å². The maximum atomic E-state index is 11.2. The number of carbonyl (C=O) groups is 1. The Morgan fingerprint density at radius 1 is 1.27 bits per heavy atom. The van der Waals surface area contributed by atoms with Crippen molar-refractivity contribution in [1.29, 1.82) is 0 Å². The van der Waals surface area contributed by atoms with Gasteiger partial charge in [0.2, 0.25) is 5.91 Å². The zero-order valence-electron chi connectivity index (χ0n) is 10.1. The molecule has 88 valence electrons. The topological polar surface area (TPSA) is 32.3 Å². The first-order chi connectivity index (χ1) is 7.18. The van der Waals surface area contributed by atoms with Crippen LogP contribution in [0.5, 0.6) is 0 Å². The van der Waals surface area contributed by atoms with Gasteiger partial charge in [-0.2, -0.15) is 0 Å². The number of allylic oxidation sites excluding steroid dienone is 1. The molecule has 0 radical (unpaired) electrons. The SMILES string of the molecule is C=CCCCCCNCCC(=O)N(C)C. The lowest BCUT2D eigenvalue weighted by Gasteiger charge is -2.10. The van der Waals surface area contributed by atoms with Gasteiger partial charge in [-0.25, -0.2) is 0 Å². The standard InChI is InChI=1S/C12H24N2O/c1-4-5-6-7-8-10-13-11-9-12(15)14(2)3/h4,13H,1,5-11H2,2-3H3. The molecule has 1 N–H and O–H groups in total. The van der Waals surface area contributed by atoms with E-state index >= 15 is 0 Å². The highest BCUT2D eigenvalue weighted by molar-refractivity contribution is 5.75. The van der Waals surface area contributed by atoms with Crippen LogP contribution < -0.4 is 5.32 Å². The molecule has 0 heterocycles. The summed E-state index contributed by atoms with van der Waals surface area (Å²) >= 11 is 0. The minimum absolute atomic E-state index is 0.189. The fourth-order valence-electron chi connectivity index (χ4n) is 1.26. The van der Waals surface area contributed by atoms with E-state index in [0.717, 1.165) is 19.5 Å². The van der Waals surface area contributed by atoms with Gasteiger partial charge in [-0.3, -0.25) is 4.79 Å². The van der Waals surface area contributed by atoms with Crippen molar-refractivity contribution in [2.75, 3.05) is 27.2 Å². The van der Waals surface area contributed by atoms with Gasteiger partial charge in [-0.15, -0.1) is 6.58 Å². The Labute approximate surface area is 93.5 Å². The van der Waals surface area contributed by atoms with E-state index < -0.39 is 0 Å². The Bertz CT molecular complexity index is 178. The van der Waals surface area contributed by atoms with Crippen molar-refractivity contribution in [3.63, 3.8) is 0 Å². The summed E-state index contributed by atoms with van der Waals surface area (Å²) in [5.74, 6) is 0.189. The Balaban J connectivity index is 3.11. The van der Waals surface area contributed by atoms with Gasteiger partial charge in [0.25, 0.3) is 0 Å². The third-order valence-electron chi connectivity index (χ3n) is 2.28. The lowest BCUT2D eigenvalue weighted by Crippen LogP contribution is -2.27. The molecule has 0 rings (SSSR count). The zero-order valence-corrected chi connectivity index (χ0v) is 10.1. The van der Waals surface area contributed by atoms with Crippen molar-refractivity contribution in [2.24, 2.45) is 0 Å². The molecule has 0 aliphatic carbocycles. The monoisotopic (exact) mass is 212 g/mol. The van der Waals surface area contributed by atoms with Gasteiger partial charge in [0.15, 0.2) is 0 Å². The maximum absolute atomic E-state index is 11.2. The molecule has 0 aliphatic rings. The van der Waals surface area contributed by atoms with E-state index in [0.29, 0.717) is 6.42 Å². The summed E-state index contributed by atoms with van der Waals surface area (Å²) < 4.78 is 0. The van der Waals surface area contributed by atoms with Crippen LogP contribution in [0.3, 0.4) is 0 Å². The molecule has 1 amide bonds. The second-order valence-corrected chi connectivity index (χ2v) is 3.93. The minimum Gasteiger partial charge on any atom is -0.349 e. The second-order valence-electron chi connectivity index (χ2n) is 3.93. The normalized spacial score (nSPS) is 10.0. The average Bonchev–Trinajstić information content (AvgIpc) is 2.21. The quantitative estimate of drug-likeness (QED) is 0.467. The summed E-state index contributed by atoms with van der Waals surface area (Å²) in [6.45, 7) is 5.49. The number of carbonyl (C=O) groups excluding carboxylic acids is 1. The van der Waals surface area contributed by atoms with Crippen molar-refractivity contribution in [3.05, 3.63) is 12.7 Å². The summed E-state index contributed by atoms with van der Waals surface area (Å²) in [5.41, 5.74) is 0. The fourth-order valence-corrected chi connectivity index (χ4v) is 1.26. The molecule has 3 nitrogen and oxygen atoms in total. The molecule has 0 aliphatic heterocycles. The molecular weight excluding hydrogens is 188 g/mol. The van der Waals surface area contributed by atoms with Crippen LogP contribution in [0.4, 0.5) is 0 Å². The predicted molar refractivity (Wildman–Crippen MR) is 64.8 cm³/mol. The summed E-state index contributed by atoms with van der Waals surface area (Å²) in [6.07, 6.45) is 7.31. The molecule has 3 heteroatoms. The fraction of sp³-hybridized carbons (Fsp3) is 0.750. The number of hydrogen-bond acceptors (Lipinski definition) is 2. The van der Waals surface area contributed by atoms with E-state index in [1.807, 2.05) is 6.08 Å². The molecule has 0 aromatic heterocycles. The first-order valence-corrected chi connectivity index (χ1v) is 5.70. The summed E-state index contributed by atoms with van der Waals surface area (Å²) in [5, 5.41) is 3.27. The van der Waals surface area contributed by atoms with Crippen molar-refractivity contribution >= 4 is 5.91 Å². The first-order valence-electron chi connectivity index (χ1n) is 5.70. The van der Waals surface area contributed by atoms with E-state index in [1.54, 1.807) is 19.0 Å². The van der Waals surface area contributed by atoms with E-state index in [1.165, 1.54) is 19.3 Å². The van der Waals surface area contributed by atoms with E-state index in [4.69, 9.17) is 0 Å². The smallest absolute Gasteiger partial charge is 0.223 e. The third-order valence-corrected chi connectivity index (χ3v) is 2.28. The van der Waals surface area contributed by atoms with Crippen LogP contribution >= 0.6 is 0 Å². The van der Waals surface area contributed by atoms with E-state index in [2.05, 4.69) is 11.9 Å². The van der Waals surface area contributed by atoms with Gasteiger partial charge >= 0.3 is 0 Å². The van der Waals surface area contributed by atoms with Crippen molar-refractivity contribution in [1.82, 2.24) is 10.2 Å². The molecule has 15 heavy (non-hydrogen) atoms. The number of nitrogens with one attached hydrogen (secondary N) is 1. The lowest BCUT2D eigenvalue weighted by atomic mass is 10.2. The highest BCUT2D eigenvalue weighted by Gasteiger charge is 2.01. The van der Waals surface area contributed by atoms with Crippen LogP contribution in [-0.4, -0.2) is 38.0 Å². The Hall–Kier alpha value is -0.830. The van der Waals surface area contributed by atoms with Crippen molar-refractivity contribution < 1.29 is 4.79 Å². The predicted octanol–water partition coefficient (Wildman–Crippen LogP) is 1.80. The van der Waals surface area contributed by atoms with Gasteiger partial charge in [0.1, 0.15) is 0 Å². The van der Waals surface area contributed by atoms with Gasteiger partial charge in [0, 0.05) is 27.1 Å². The van der Waals surface area contributed by atoms with E-state index in [9.17, 15) is 4.79 Å². The molecular formula is C12H24N2O. The van der Waals surface area contributed by atoms with Crippen LogP contribution in [0, 0.1) is 0 Å². The highest BCUT2D eigenvalue weighted by atomic mass is 16.2. The van der Waals surface area contributed by atoms with E-state index in [-0.39, 0.29) is 5.91 Å². The van der Waals surface area contributed by atoms with Gasteiger partial charge in [-0.05, 0) is 25.8 Å². The molecule has 0 fully saturated rings. The Morgan fingerprint density at radius 2 is 2.00 bits per heavy atom. The van der Waals surface area contributed by atoms with Crippen molar-refractivity contribution in [2.45, 2.75) is 32.1 Å². The summed E-state index contributed by atoms with van der Waals surface area (Å²) in [6, 6.07) is 0. The number of nitrogens with zero attached hydrogens (tertiary/aromatic N) is 1. The first kappa shape index (κ1) is 14.2. The van der Waals surface area contributed by atoms with Gasteiger partial charge < -0.3 is 10.2 Å². The Kier molecular flexibility index (Phi) is 9.18. The average molecular weight is 212 g/mol. The van der Waals surface area contributed by atoms with Gasteiger partial charge in [-0.1, -0.05) is 12.5 Å². The number of hydrogen-bond donors (Lipinski definition) is 1. The molecule has 0 unspecified atom stereocenters.